The molecule has 1 saturated heterocycles. The summed E-state index contributed by atoms with van der Waals surface area (Å²) in [5.41, 5.74) is 3.64. The molecule has 24 heavy (non-hydrogen) atoms. The van der Waals surface area contributed by atoms with Gasteiger partial charge in [-0.3, -0.25) is 4.90 Å². The summed E-state index contributed by atoms with van der Waals surface area (Å²) in [4.78, 5) is 9.89. The molecule has 2 aromatic rings. The lowest BCUT2D eigenvalue weighted by Gasteiger charge is -2.38. The first kappa shape index (κ1) is 17.1. The molecule has 1 aromatic carbocycles. The first-order valence-corrected chi connectivity index (χ1v) is 8.77. The Kier molecular flexibility index (Phi) is 5.33. The second-order valence-electron chi connectivity index (χ2n) is 6.74. The van der Waals surface area contributed by atoms with E-state index in [9.17, 15) is 0 Å². The summed E-state index contributed by atoms with van der Waals surface area (Å²) in [6.07, 6.45) is 0. The van der Waals surface area contributed by atoms with Crippen LogP contribution in [0.5, 0.6) is 0 Å². The smallest absolute Gasteiger partial charge is 0.140 e. The monoisotopic (exact) mass is 327 g/mol. The van der Waals surface area contributed by atoms with Crippen LogP contribution in [0.15, 0.2) is 30.3 Å². The Hall–Kier alpha value is -1.69. The lowest BCUT2D eigenvalue weighted by Crippen LogP contribution is -2.48. The van der Waals surface area contributed by atoms with Crippen LogP contribution in [0.2, 0.25) is 0 Å². The molecule has 1 unspecified atom stereocenters. The van der Waals surface area contributed by atoms with Crippen molar-refractivity contribution >= 4 is 0 Å². The van der Waals surface area contributed by atoms with Gasteiger partial charge in [-0.2, -0.15) is 0 Å². The molecule has 0 spiro atoms. The van der Waals surface area contributed by atoms with Gasteiger partial charge in [0.05, 0.1) is 17.4 Å². The van der Waals surface area contributed by atoms with Crippen LogP contribution < -0.4 is 5.32 Å². The molecular formula is C19H29N5. The molecule has 2 heterocycles. The minimum Gasteiger partial charge on any atom is -0.329 e. The fraction of sp³-hybridized carbons (Fsp3) is 0.526. The largest absolute Gasteiger partial charge is 0.329 e. The number of hydrogen-bond donors (Lipinski definition) is 1. The van der Waals surface area contributed by atoms with E-state index in [1.807, 2.05) is 13.1 Å². The predicted octanol–water partition coefficient (Wildman–Crippen LogP) is 1.90. The summed E-state index contributed by atoms with van der Waals surface area (Å²) in [7, 11) is 6.39. The van der Waals surface area contributed by atoms with Crippen LogP contribution >= 0.6 is 0 Å². The SMILES string of the molecule is CNCC(c1c(C)nc(-c2ccccc2)n1C)N1CCN(C)CC1. The van der Waals surface area contributed by atoms with Gasteiger partial charge in [0.1, 0.15) is 5.82 Å². The van der Waals surface area contributed by atoms with Crippen LogP contribution in [0, 0.1) is 6.92 Å². The van der Waals surface area contributed by atoms with Gasteiger partial charge in [0, 0.05) is 45.3 Å². The highest BCUT2D eigenvalue weighted by molar-refractivity contribution is 5.56. The van der Waals surface area contributed by atoms with E-state index in [0.717, 1.165) is 44.2 Å². The molecule has 1 fully saturated rings. The molecule has 130 valence electrons. The minimum absolute atomic E-state index is 0.360. The summed E-state index contributed by atoms with van der Waals surface area (Å²) >= 11 is 0. The summed E-state index contributed by atoms with van der Waals surface area (Å²) in [5, 5.41) is 3.38. The number of nitrogens with one attached hydrogen (secondary N) is 1. The molecule has 5 heteroatoms. The first-order chi connectivity index (χ1) is 11.6. The number of aryl methyl sites for hydroxylation is 1. The lowest BCUT2D eigenvalue weighted by atomic mass is 10.1. The van der Waals surface area contributed by atoms with Crippen molar-refractivity contribution in [1.29, 1.82) is 0 Å². The maximum atomic E-state index is 4.89. The molecule has 1 aliphatic heterocycles. The van der Waals surface area contributed by atoms with E-state index < -0.39 is 0 Å². The van der Waals surface area contributed by atoms with Crippen molar-refractivity contribution in [2.24, 2.45) is 7.05 Å². The molecule has 1 N–H and O–H groups in total. The van der Waals surface area contributed by atoms with E-state index in [-0.39, 0.29) is 0 Å². The quantitative estimate of drug-likeness (QED) is 0.910. The Morgan fingerprint density at radius 3 is 2.38 bits per heavy atom. The Labute approximate surface area is 145 Å². The van der Waals surface area contributed by atoms with Crippen molar-refractivity contribution in [2.45, 2.75) is 13.0 Å². The van der Waals surface area contributed by atoms with Gasteiger partial charge < -0.3 is 14.8 Å². The fourth-order valence-electron chi connectivity index (χ4n) is 3.68. The van der Waals surface area contributed by atoms with Crippen LogP contribution in [0.4, 0.5) is 0 Å². The van der Waals surface area contributed by atoms with E-state index in [2.05, 4.69) is 65.0 Å². The second kappa shape index (κ2) is 7.47. The maximum absolute atomic E-state index is 4.89. The second-order valence-corrected chi connectivity index (χ2v) is 6.74. The number of likely N-dealkylation sites (N-methyl/N-ethyl adjacent to an activating group) is 2. The standard InChI is InChI=1S/C19H29N5/c1-15-18(17(14-20-2)24-12-10-22(3)11-13-24)23(4)19(21-15)16-8-6-5-7-9-16/h5-9,17,20H,10-14H2,1-4H3. The zero-order valence-electron chi connectivity index (χ0n) is 15.3. The van der Waals surface area contributed by atoms with Crippen molar-refractivity contribution in [3.05, 3.63) is 41.7 Å². The van der Waals surface area contributed by atoms with Crippen LogP contribution in [0.3, 0.4) is 0 Å². The van der Waals surface area contributed by atoms with Crippen LogP contribution in [0.25, 0.3) is 11.4 Å². The van der Waals surface area contributed by atoms with Gasteiger partial charge in [-0.15, -0.1) is 0 Å². The van der Waals surface area contributed by atoms with Crippen molar-refractivity contribution in [3.8, 4) is 11.4 Å². The number of rotatable bonds is 5. The van der Waals surface area contributed by atoms with Crippen molar-refractivity contribution in [1.82, 2.24) is 24.7 Å². The van der Waals surface area contributed by atoms with Crippen LogP contribution in [-0.2, 0) is 7.05 Å². The summed E-state index contributed by atoms with van der Waals surface area (Å²) < 4.78 is 2.28. The molecule has 5 nitrogen and oxygen atoms in total. The molecule has 0 aliphatic carbocycles. The zero-order chi connectivity index (χ0) is 17.1. The molecule has 1 aromatic heterocycles. The molecular weight excluding hydrogens is 298 g/mol. The van der Waals surface area contributed by atoms with Crippen molar-refractivity contribution in [3.63, 3.8) is 0 Å². The molecule has 0 radical (unpaired) electrons. The summed E-state index contributed by atoms with van der Waals surface area (Å²) in [5.74, 6) is 1.05. The van der Waals surface area contributed by atoms with Gasteiger partial charge in [-0.25, -0.2) is 4.98 Å². The van der Waals surface area contributed by atoms with Gasteiger partial charge in [-0.1, -0.05) is 30.3 Å². The molecule has 3 rings (SSSR count). The Morgan fingerprint density at radius 1 is 1.08 bits per heavy atom. The van der Waals surface area contributed by atoms with Gasteiger partial charge in [0.2, 0.25) is 0 Å². The highest BCUT2D eigenvalue weighted by Crippen LogP contribution is 2.29. The Bertz CT molecular complexity index is 656. The Balaban J connectivity index is 1.95. The average molecular weight is 327 g/mol. The molecule has 0 bridgehead atoms. The summed E-state index contributed by atoms with van der Waals surface area (Å²) in [6.45, 7) is 7.55. The minimum atomic E-state index is 0.360. The number of piperazine rings is 1. The first-order valence-electron chi connectivity index (χ1n) is 8.77. The summed E-state index contributed by atoms with van der Waals surface area (Å²) in [6, 6.07) is 10.8. The zero-order valence-corrected chi connectivity index (χ0v) is 15.3. The van der Waals surface area contributed by atoms with Crippen LogP contribution in [0.1, 0.15) is 17.4 Å². The number of imidazole rings is 1. The molecule has 1 aliphatic rings. The topological polar surface area (TPSA) is 36.3 Å². The van der Waals surface area contributed by atoms with E-state index >= 15 is 0 Å². The third kappa shape index (κ3) is 3.38. The highest BCUT2D eigenvalue weighted by Gasteiger charge is 2.28. The highest BCUT2D eigenvalue weighted by atomic mass is 15.3. The van der Waals surface area contributed by atoms with Gasteiger partial charge in [-0.05, 0) is 21.0 Å². The van der Waals surface area contributed by atoms with Crippen LogP contribution in [-0.4, -0.2) is 66.2 Å². The predicted molar refractivity (Wildman–Crippen MR) is 99.1 cm³/mol. The lowest BCUT2D eigenvalue weighted by molar-refractivity contribution is 0.108. The third-order valence-corrected chi connectivity index (χ3v) is 5.05. The van der Waals surface area contributed by atoms with Crippen molar-refractivity contribution in [2.75, 3.05) is 46.8 Å². The van der Waals surface area contributed by atoms with E-state index in [1.54, 1.807) is 0 Å². The third-order valence-electron chi connectivity index (χ3n) is 5.05. The average Bonchev–Trinajstić information content (AvgIpc) is 2.89. The number of benzene rings is 1. The fourth-order valence-corrected chi connectivity index (χ4v) is 3.68. The van der Waals surface area contributed by atoms with Gasteiger partial charge in [0.25, 0.3) is 0 Å². The number of nitrogens with zero attached hydrogens (tertiary/aromatic N) is 4. The van der Waals surface area contributed by atoms with E-state index in [0.29, 0.717) is 6.04 Å². The van der Waals surface area contributed by atoms with E-state index in [1.165, 1.54) is 11.3 Å². The maximum Gasteiger partial charge on any atom is 0.140 e. The van der Waals surface area contributed by atoms with Gasteiger partial charge in [0.15, 0.2) is 0 Å². The normalized spacial score (nSPS) is 18.0. The van der Waals surface area contributed by atoms with Crippen molar-refractivity contribution < 1.29 is 0 Å². The number of hydrogen-bond acceptors (Lipinski definition) is 4. The Morgan fingerprint density at radius 2 is 1.75 bits per heavy atom. The van der Waals surface area contributed by atoms with Gasteiger partial charge >= 0.3 is 0 Å². The molecule has 1 atom stereocenters. The molecule has 0 amide bonds. The van der Waals surface area contributed by atoms with E-state index in [4.69, 9.17) is 4.98 Å². The number of aromatic nitrogens is 2. The molecule has 0 saturated carbocycles.